The van der Waals surface area contributed by atoms with Crippen LogP contribution in [-0.4, -0.2) is 35.8 Å². The van der Waals surface area contributed by atoms with E-state index >= 15 is 0 Å². The Labute approximate surface area is 120 Å². The average molecular weight is 277 g/mol. The molecule has 1 aliphatic rings. The van der Waals surface area contributed by atoms with E-state index in [0.29, 0.717) is 0 Å². The lowest BCUT2D eigenvalue weighted by atomic mass is 10.2. The highest BCUT2D eigenvalue weighted by molar-refractivity contribution is 5.68. The fraction of sp³-hybridized carbons (Fsp3) is 0.600. The van der Waals surface area contributed by atoms with Gasteiger partial charge >= 0.3 is 6.09 Å². The van der Waals surface area contributed by atoms with E-state index in [1.54, 1.807) is 0 Å². The molecule has 1 fully saturated rings. The largest absolute Gasteiger partial charge is 0.444 e. The maximum Gasteiger partial charge on any atom is 0.407 e. The highest BCUT2D eigenvalue weighted by atomic mass is 16.6. The van der Waals surface area contributed by atoms with Crippen molar-refractivity contribution in [3.05, 3.63) is 24.0 Å². The number of amides is 1. The van der Waals surface area contributed by atoms with Crippen LogP contribution in [0.2, 0.25) is 0 Å². The number of nitrogens with one attached hydrogen (secondary N) is 1. The summed E-state index contributed by atoms with van der Waals surface area (Å²) in [5.41, 5.74) is 1.80. The van der Waals surface area contributed by atoms with Crippen LogP contribution >= 0.6 is 0 Å². The summed E-state index contributed by atoms with van der Waals surface area (Å²) in [5.74, 6) is 0. The van der Waals surface area contributed by atoms with Crippen LogP contribution < -0.4 is 10.2 Å². The lowest BCUT2D eigenvalue weighted by Crippen LogP contribution is -2.40. The van der Waals surface area contributed by atoms with Crippen LogP contribution in [0.3, 0.4) is 0 Å². The highest BCUT2D eigenvalue weighted by Gasteiger charge is 2.26. The summed E-state index contributed by atoms with van der Waals surface area (Å²) in [5, 5.41) is 2.93. The lowest BCUT2D eigenvalue weighted by molar-refractivity contribution is 0.0509. The first kappa shape index (κ1) is 14.6. The quantitative estimate of drug-likeness (QED) is 0.902. The molecule has 2 rings (SSSR count). The summed E-state index contributed by atoms with van der Waals surface area (Å²) in [4.78, 5) is 18.2. The first-order valence-electron chi connectivity index (χ1n) is 6.99. The second-order valence-corrected chi connectivity index (χ2v) is 6.30. The molecule has 1 aliphatic heterocycles. The zero-order chi connectivity index (χ0) is 14.8. The predicted octanol–water partition coefficient (Wildman–Crippen LogP) is 2.49. The van der Waals surface area contributed by atoms with Gasteiger partial charge in [0.2, 0.25) is 0 Å². The highest BCUT2D eigenvalue weighted by Crippen LogP contribution is 2.20. The van der Waals surface area contributed by atoms with Crippen molar-refractivity contribution < 1.29 is 9.53 Å². The number of pyridine rings is 1. The molecule has 1 saturated heterocycles. The predicted molar refractivity (Wildman–Crippen MR) is 79.0 cm³/mol. The smallest absolute Gasteiger partial charge is 0.407 e. The summed E-state index contributed by atoms with van der Waals surface area (Å²) < 4.78 is 5.28. The van der Waals surface area contributed by atoms with Crippen molar-refractivity contribution in [3.63, 3.8) is 0 Å². The van der Waals surface area contributed by atoms with Crippen LogP contribution in [0.5, 0.6) is 0 Å². The molecule has 0 bridgehead atoms. The van der Waals surface area contributed by atoms with Crippen LogP contribution in [0.15, 0.2) is 18.5 Å². The van der Waals surface area contributed by atoms with Gasteiger partial charge in [-0.05, 0) is 45.7 Å². The fourth-order valence-electron chi connectivity index (χ4n) is 2.30. The third kappa shape index (κ3) is 4.11. The number of hydrogen-bond acceptors (Lipinski definition) is 4. The summed E-state index contributed by atoms with van der Waals surface area (Å²) >= 11 is 0. The van der Waals surface area contributed by atoms with E-state index in [-0.39, 0.29) is 12.1 Å². The van der Waals surface area contributed by atoms with Crippen molar-refractivity contribution in [1.82, 2.24) is 10.3 Å². The van der Waals surface area contributed by atoms with Gasteiger partial charge in [-0.25, -0.2) is 4.79 Å². The molecule has 110 valence electrons. The van der Waals surface area contributed by atoms with Gasteiger partial charge in [-0.3, -0.25) is 4.98 Å². The summed E-state index contributed by atoms with van der Waals surface area (Å²) in [7, 11) is 0. The molecule has 0 radical (unpaired) electrons. The number of rotatable bonds is 2. The zero-order valence-corrected chi connectivity index (χ0v) is 12.6. The Hall–Kier alpha value is -1.78. The Morgan fingerprint density at radius 2 is 2.20 bits per heavy atom. The lowest BCUT2D eigenvalue weighted by Gasteiger charge is -2.22. The number of hydrogen-bond donors (Lipinski definition) is 1. The van der Waals surface area contributed by atoms with E-state index in [0.717, 1.165) is 30.8 Å². The second-order valence-electron chi connectivity index (χ2n) is 6.30. The van der Waals surface area contributed by atoms with Gasteiger partial charge in [0.05, 0.1) is 17.9 Å². The molecule has 1 aromatic heterocycles. The number of anilines is 1. The molecular formula is C15H23N3O2. The molecule has 20 heavy (non-hydrogen) atoms. The first-order chi connectivity index (χ1) is 9.33. The normalized spacial score (nSPS) is 19.0. The standard InChI is InChI=1S/C15H23N3O2/c1-11-7-13(9-16-8-11)18-6-5-12(10-18)17-14(19)20-15(2,3)4/h7-9,12H,5-6,10H2,1-4H3,(H,17,19)/t12-/m1/s1. The minimum Gasteiger partial charge on any atom is -0.444 e. The van der Waals surface area contributed by atoms with Crippen molar-refractivity contribution in [3.8, 4) is 0 Å². The Morgan fingerprint density at radius 3 is 2.85 bits per heavy atom. The van der Waals surface area contributed by atoms with Crippen LogP contribution in [0.4, 0.5) is 10.5 Å². The summed E-state index contributed by atoms with van der Waals surface area (Å²) in [6.07, 6.45) is 4.29. The first-order valence-corrected chi connectivity index (χ1v) is 6.99. The molecule has 1 atom stereocenters. The number of alkyl carbamates (subject to hydrolysis) is 1. The molecule has 1 N–H and O–H groups in total. The summed E-state index contributed by atoms with van der Waals surface area (Å²) in [6, 6.07) is 2.24. The minimum absolute atomic E-state index is 0.130. The molecule has 1 amide bonds. The third-order valence-electron chi connectivity index (χ3n) is 3.13. The molecule has 5 nitrogen and oxygen atoms in total. The number of ether oxygens (including phenoxy) is 1. The number of carbonyl (C=O) groups excluding carboxylic acids is 1. The van der Waals surface area contributed by atoms with Gasteiger partial charge in [0, 0.05) is 19.3 Å². The van der Waals surface area contributed by atoms with Gasteiger partial charge in [0.1, 0.15) is 5.60 Å². The Bertz CT molecular complexity index is 482. The van der Waals surface area contributed by atoms with Crippen LogP contribution in [0.25, 0.3) is 0 Å². The van der Waals surface area contributed by atoms with E-state index < -0.39 is 5.60 Å². The van der Waals surface area contributed by atoms with Crippen molar-refractivity contribution in [1.29, 1.82) is 0 Å². The molecule has 0 aliphatic carbocycles. The zero-order valence-electron chi connectivity index (χ0n) is 12.6. The van der Waals surface area contributed by atoms with Crippen molar-refractivity contribution in [2.45, 2.75) is 45.8 Å². The van der Waals surface area contributed by atoms with Crippen LogP contribution in [0.1, 0.15) is 32.8 Å². The van der Waals surface area contributed by atoms with E-state index in [1.165, 1.54) is 0 Å². The number of carbonyl (C=O) groups is 1. The Kier molecular flexibility index (Phi) is 4.16. The fourth-order valence-corrected chi connectivity index (χ4v) is 2.30. The number of aryl methyl sites for hydroxylation is 1. The molecule has 5 heteroatoms. The Balaban J connectivity index is 1.88. The van der Waals surface area contributed by atoms with Crippen LogP contribution in [0, 0.1) is 6.92 Å². The molecule has 0 unspecified atom stereocenters. The molecule has 0 saturated carbocycles. The SMILES string of the molecule is Cc1cncc(N2CC[C@@H](NC(=O)OC(C)(C)C)C2)c1. The minimum atomic E-state index is -0.456. The maximum absolute atomic E-state index is 11.7. The van der Waals surface area contributed by atoms with Crippen molar-refractivity contribution in [2.24, 2.45) is 0 Å². The molecular weight excluding hydrogens is 254 g/mol. The van der Waals surface area contributed by atoms with Gasteiger partial charge in [-0.15, -0.1) is 0 Å². The monoisotopic (exact) mass is 277 g/mol. The van der Waals surface area contributed by atoms with Gasteiger partial charge in [-0.1, -0.05) is 0 Å². The van der Waals surface area contributed by atoms with E-state index in [4.69, 9.17) is 4.74 Å². The van der Waals surface area contributed by atoms with E-state index in [9.17, 15) is 4.79 Å². The molecule has 0 spiro atoms. The maximum atomic E-state index is 11.7. The van der Waals surface area contributed by atoms with E-state index in [1.807, 2.05) is 40.1 Å². The second kappa shape index (κ2) is 5.69. The summed E-state index contributed by atoms with van der Waals surface area (Å²) in [6.45, 7) is 9.35. The molecule has 0 aromatic carbocycles. The molecule has 1 aromatic rings. The van der Waals surface area contributed by atoms with Gasteiger partial charge in [0.15, 0.2) is 0 Å². The van der Waals surface area contributed by atoms with Crippen molar-refractivity contribution >= 4 is 11.8 Å². The number of nitrogens with zero attached hydrogens (tertiary/aromatic N) is 2. The van der Waals surface area contributed by atoms with Gasteiger partial charge in [0.25, 0.3) is 0 Å². The third-order valence-corrected chi connectivity index (χ3v) is 3.13. The average Bonchev–Trinajstić information content (AvgIpc) is 2.74. The Morgan fingerprint density at radius 1 is 1.45 bits per heavy atom. The topological polar surface area (TPSA) is 54.5 Å². The van der Waals surface area contributed by atoms with Gasteiger partial charge in [-0.2, -0.15) is 0 Å². The van der Waals surface area contributed by atoms with Gasteiger partial charge < -0.3 is 15.0 Å². The van der Waals surface area contributed by atoms with E-state index in [2.05, 4.69) is 21.3 Å². The van der Waals surface area contributed by atoms with Crippen molar-refractivity contribution in [2.75, 3.05) is 18.0 Å². The molecule has 2 heterocycles. The number of aromatic nitrogens is 1. The van der Waals surface area contributed by atoms with Crippen LogP contribution in [-0.2, 0) is 4.74 Å².